The largest absolute Gasteiger partial charge is 0.508 e. The summed E-state index contributed by atoms with van der Waals surface area (Å²) in [5.41, 5.74) is 4.23. The Hall–Kier alpha value is -1.88. The van der Waals surface area contributed by atoms with E-state index in [9.17, 15) is 5.11 Å². The first-order chi connectivity index (χ1) is 14.1. The number of phenols is 1. The minimum atomic E-state index is 0.349. The number of benzene rings is 2. The number of nitrogens with zero attached hydrogens (tertiary/aromatic N) is 3. The van der Waals surface area contributed by atoms with Gasteiger partial charge in [-0.05, 0) is 74.1 Å². The van der Waals surface area contributed by atoms with Crippen LogP contribution in [0.3, 0.4) is 0 Å². The summed E-state index contributed by atoms with van der Waals surface area (Å²) >= 11 is 0. The van der Waals surface area contributed by atoms with E-state index in [0.29, 0.717) is 5.75 Å². The molecule has 156 valence electrons. The van der Waals surface area contributed by atoms with Crippen LogP contribution in [0.1, 0.15) is 29.5 Å². The van der Waals surface area contributed by atoms with Crippen LogP contribution in [0.15, 0.2) is 48.5 Å². The summed E-state index contributed by atoms with van der Waals surface area (Å²) in [6.45, 7) is 9.16. The molecule has 1 N–H and O–H groups in total. The van der Waals surface area contributed by atoms with Gasteiger partial charge in [0.1, 0.15) is 5.75 Å². The van der Waals surface area contributed by atoms with E-state index in [-0.39, 0.29) is 0 Å². The topological polar surface area (TPSA) is 30.0 Å². The molecule has 0 amide bonds. The van der Waals surface area contributed by atoms with Crippen LogP contribution in [-0.2, 0) is 19.5 Å². The minimum Gasteiger partial charge on any atom is -0.508 e. The van der Waals surface area contributed by atoms with Crippen LogP contribution in [0.4, 0.5) is 0 Å². The number of phenolic OH excluding ortho intramolecular Hbond substituents is 1. The zero-order valence-corrected chi connectivity index (χ0v) is 17.8. The monoisotopic (exact) mass is 393 g/mol. The van der Waals surface area contributed by atoms with Crippen LogP contribution < -0.4 is 0 Å². The van der Waals surface area contributed by atoms with Crippen molar-refractivity contribution in [1.29, 1.82) is 0 Å². The van der Waals surface area contributed by atoms with E-state index in [0.717, 1.165) is 19.0 Å². The SMILES string of the molecule is CN1CCN(Cc2ccc(CC3CCN(Cc4ccc(O)cc4)CC3)cc2)CC1. The fourth-order valence-electron chi connectivity index (χ4n) is 4.59. The highest BCUT2D eigenvalue weighted by Gasteiger charge is 2.20. The molecule has 2 heterocycles. The third-order valence-electron chi connectivity index (χ3n) is 6.60. The first-order valence-corrected chi connectivity index (χ1v) is 11.1. The lowest BCUT2D eigenvalue weighted by Gasteiger charge is -2.32. The van der Waals surface area contributed by atoms with Crippen LogP contribution in [0.5, 0.6) is 5.75 Å². The van der Waals surface area contributed by atoms with Crippen LogP contribution in [-0.4, -0.2) is 66.1 Å². The highest BCUT2D eigenvalue weighted by molar-refractivity contribution is 5.26. The van der Waals surface area contributed by atoms with Gasteiger partial charge in [0, 0.05) is 39.3 Å². The van der Waals surface area contributed by atoms with Crippen molar-refractivity contribution in [2.75, 3.05) is 46.3 Å². The van der Waals surface area contributed by atoms with Crippen LogP contribution in [0, 0.1) is 5.92 Å². The molecule has 0 spiro atoms. The molecule has 0 unspecified atom stereocenters. The van der Waals surface area contributed by atoms with Gasteiger partial charge in [-0.2, -0.15) is 0 Å². The van der Waals surface area contributed by atoms with Gasteiger partial charge in [-0.1, -0.05) is 36.4 Å². The molecule has 2 aliphatic rings. The Balaban J connectivity index is 1.20. The third kappa shape index (κ3) is 6.05. The average molecular weight is 394 g/mol. The summed E-state index contributed by atoms with van der Waals surface area (Å²) in [5, 5.41) is 9.43. The first-order valence-electron chi connectivity index (χ1n) is 11.1. The molecular formula is C25H35N3O. The Bertz CT molecular complexity index is 743. The maximum absolute atomic E-state index is 9.43. The minimum absolute atomic E-state index is 0.349. The van der Waals surface area contributed by atoms with Crippen molar-refractivity contribution in [2.24, 2.45) is 5.92 Å². The van der Waals surface area contributed by atoms with Crippen molar-refractivity contribution >= 4 is 0 Å². The summed E-state index contributed by atoms with van der Waals surface area (Å²) in [7, 11) is 2.21. The first kappa shape index (κ1) is 20.4. The molecule has 4 nitrogen and oxygen atoms in total. The number of likely N-dealkylation sites (N-methyl/N-ethyl adjacent to an activating group) is 1. The van der Waals surface area contributed by atoms with Gasteiger partial charge in [0.15, 0.2) is 0 Å². The van der Waals surface area contributed by atoms with Gasteiger partial charge in [-0.25, -0.2) is 0 Å². The second-order valence-corrected chi connectivity index (χ2v) is 8.99. The lowest BCUT2D eigenvalue weighted by molar-refractivity contribution is 0.148. The Kier molecular flexibility index (Phi) is 6.86. The van der Waals surface area contributed by atoms with Gasteiger partial charge in [-0.3, -0.25) is 9.80 Å². The molecule has 0 bridgehead atoms. The highest BCUT2D eigenvalue weighted by atomic mass is 16.3. The second-order valence-electron chi connectivity index (χ2n) is 8.99. The molecule has 4 rings (SSSR count). The maximum Gasteiger partial charge on any atom is 0.115 e. The van der Waals surface area contributed by atoms with Gasteiger partial charge in [0.05, 0.1) is 0 Å². The fourth-order valence-corrected chi connectivity index (χ4v) is 4.59. The van der Waals surface area contributed by atoms with Crippen LogP contribution in [0.2, 0.25) is 0 Å². The lowest BCUT2D eigenvalue weighted by Crippen LogP contribution is -2.43. The van der Waals surface area contributed by atoms with Gasteiger partial charge in [-0.15, -0.1) is 0 Å². The van der Waals surface area contributed by atoms with E-state index < -0.39 is 0 Å². The maximum atomic E-state index is 9.43. The molecule has 0 aromatic heterocycles. The summed E-state index contributed by atoms with van der Waals surface area (Å²) < 4.78 is 0. The van der Waals surface area contributed by atoms with Crippen molar-refractivity contribution < 1.29 is 5.11 Å². The summed E-state index contributed by atoms with van der Waals surface area (Å²) in [6.07, 6.45) is 3.77. The molecule has 2 aromatic rings. The van der Waals surface area contributed by atoms with E-state index in [1.165, 1.54) is 75.2 Å². The molecule has 2 saturated heterocycles. The van der Waals surface area contributed by atoms with E-state index in [1.54, 1.807) is 12.1 Å². The zero-order valence-electron chi connectivity index (χ0n) is 17.8. The fraction of sp³-hybridized carbons (Fsp3) is 0.520. The van der Waals surface area contributed by atoms with Gasteiger partial charge >= 0.3 is 0 Å². The molecule has 4 heteroatoms. The number of hydrogen-bond acceptors (Lipinski definition) is 4. The van der Waals surface area contributed by atoms with E-state index in [1.807, 2.05) is 12.1 Å². The summed E-state index contributed by atoms with van der Waals surface area (Å²) in [6, 6.07) is 17.0. The second kappa shape index (κ2) is 9.75. The van der Waals surface area contributed by atoms with Crippen LogP contribution in [0.25, 0.3) is 0 Å². The molecule has 0 atom stereocenters. The predicted octanol–water partition coefficient (Wildman–Crippen LogP) is 3.59. The molecule has 2 aromatic carbocycles. The quantitative estimate of drug-likeness (QED) is 0.812. The molecular weight excluding hydrogens is 358 g/mol. The molecule has 0 radical (unpaired) electrons. The molecule has 2 fully saturated rings. The molecule has 29 heavy (non-hydrogen) atoms. The number of aromatic hydroxyl groups is 1. The number of piperidine rings is 1. The van der Waals surface area contributed by atoms with Gasteiger partial charge in [0.25, 0.3) is 0 Å². The Labute approximate surface area is 175 Å². The predicted molar refractivity (Wildman–Crippen MR) is 119 cm³/mol. The lowest BCUT2D eigenvalue weighted by atomic mass is 9.89. The van der Waals surface area contributed by atoms with Gasteiger partial charge < -0.3 is 10.0 Å². The number of likely N-dealkylation sites (tertiary alicyclic amines) is 1. The van der Waals surface area contributed by atoms with Crippen molar-refractivity contribution in [3.63, 3.8) is 0 Å². The molecule has 2 aliphatic heterocycles. The van der Waals surface area contributed by atoms with E-state index in [2.05, 4.69) is 46.0 Å². The van der Waals surface area contributed by atoms with Crippen molar-refractivity contribution in [2.45, 2.75) is 32.4 Å². The molecule has 0 saturated carbocycles. The number of piperazine rings is 1. The standard InChI is InChI=1S/C25H35N3O/c1-26-14-16-28(17-15-26)20-23-4-2-21(3-5-23)18-22-10-12-27(13-11-22)19-24-6-8-25(29)9-7-24/h2-9,22,29H,10-20H2,1H3. The molecule has 0 aliphatic carbocycles. The normalized spacial score (nSPS) is 20.2. The third-order valence-corrected chi connectivity index (χ3v) is 6.60. The van der Waals surface area contributed by atoms with Crippen LogP contribution >= 0.6 is 0 Å². The van der Waals surface area contributed by atoms with E-state index in [4.69, 9.17) is 0 Å². The van der Waals surface area contributed by atoms with Crippen molar-refractivity contribution in [1.82, 2.24) is 14.7 Å². The summed E-state index contributed by atoms with van der Waals surface area (Å²) in [4.78, 5) is 7.52. The summed E-state index contributed by atoms with van der Waals surface area (Å²) in [5.74, 6) is 1.15. The zero-order chi connectivity index (χ0) is 20.1. The number of rotatable bonds is 6. The average Bonchev–Trinajstić information content (AvgIpc) is 2.74. The number of hydrogen-bond donors (Lipinski definition) is 1. The Morgan fingerprint density at radius 1 is 0.690 bits per heavy atom. The Morgan fingerprint density at radius 2 is 1.17 bits per heavy atom. The smallest absolute Gasteiger partial charge is 0.115 e. The van der Waals surface area contributed by atoms with Crippen molar-refractivity contribution in [3.8, 4) is 5.75 Å². The van der Waals surface area contributed by atoms with Gasteiger partial charge in [0.2, 0.25) is 0 Å². The Morgan fingerprint density at radius 3 is 1.76 bits per heavy atom. The highest BCUT2D eigenvalue weighted by Crippen LogP contribution is 2.23. The van der Waals surface area contributed by atoms with E-state index >= 15 is 0 Å². The van der Waals surface area contributed by atoms with Crippen molar-refractivity contribution in [3.05, 3.63) is 65.2 Å².